The lowest BCUT2D eigenvalue weighted by Gasteiger charge is -1.98. The molecule has 0 radical (unpaired) electrons. The maximum atomic E-state index is 11.7. The number of benzene rings is 1. The number of allylic oxidation sites excluding steroid dienone is 1. The molecule has 14 heavy (non-hydrogen) atoms. The maximum absolute atomic E-state index is 11.7. The minimum Gasteiger partial charge on any atom is -0.250 e. The van der Waals surface area contributed by atoms with Gasteiger partial charge >= 0.3 is 6.18 Å². The Bertz CT molecular complexity index is 343. The molecule has 0 heterocycles. The highest BCUT2D eigenvalue weighted by Crippen LogP contribution is 2.17. The molecule has 0 aliphatic heterocycles. The van der Waals surface area contributed by atoms with E-state index in [1.165, 1.54) is 12.1 Å². The van der Waals surface area contributed by atoms with Crippen molar-refractivity contribution in [1.82, 2.24) is 0 Å². The molecule has 76 valence electrons. The van der Waals surface area contributed by atoms with Crippen LogP contribution in [0.1, 0.15) is 0 Å². The van der Waals surface area contributed by atoms with Crippen molar-refractivity contribution in [2.75, 3.05) is 0 Å². The van der Waals surface area contributed by atoms with Crippen LogP contribution in [0, 0.1) is 0 Å². The van der Waals surface area contributed by atoms with Gasteiger partial charge in [0, 0.05) is 16.4 Å². The van der Waals surface area contributed by atoms with E-state index in [0.717, 1.165) is 0 Å². The highest BCUT2D eigenvalue weighted by atomic mass is 32.2. The van der Waals surface area contributed by atoms with Gasteiger partial charge < -0.3 is 0 Å². The van der Waals surface area contributed by atoms with Gasteiger partial charge in [-0.2, -0.15) is 13.2 Å². The first-order valence-electron chi connectivity index (χ1n) is 3.71. The van der Waals surface area contributed by atoms with Crippen LogP contribution in [0.25, 0.3) is 0 Å². The molecule has 0 saturated carbocycles. The van der Waals surface area contributed by atoms with Crippen LogP contribution < -0.4 is 0 Å². The summed E-state index contributed by atoms with van der Waals surface area (Å²) in [4.78, 5) is 0.355. The van der Waals surface area contributed by atoms with E-state index in [4.69, 9.17) is 0 Å². The molecule has 0 aliphatic carbocycles. The molecule has 1 aromatic carbocycles. The predicted molar refractivity (Wildman–Crippen MR) is 48.0 cm³/mol. The van der Waals surface area contributed by atoms with E-state index in [2.05, 4.69) is 0 Å². The first-order valence-corrected chi connectivity index (χ1v) is 4.92. The van der Waals surface area contributed by atoms with Crippen molar-refractivity contribution >= 4 is 10.8 Å². The van der Waals surface area contributed by atoms with Crippen LogP contribution in [0.2, 0.25) is 0 Å². The number of alkyl halides is 3. The molecule has 0 N–H and O–H groups in total. The molecule has 0 fully saturated rings. The highest BCUT2D eigenvalue weighted by molar-refractivity contribution is 7.88. The molecule has 0 bridgehead atoms. The third-order valence-corrected chi connectivity index (χ3v) is 2.48. The minimum absolute atomic E-state index is 0.0177. The average Bonchev–Trinajstić information content (AvgIpc) is 2.14. The van der Waals surface area contributed by atoms with Gasteiger partial charge in [-0.05, 0) is 12.1 Å². The molecule has 0 spiro atoms. The molecule has 0 unspecified atom stereocenters. The fourth-order valence-electron chi connectivity index (χ4n) is 0.772. The Hall–Kier alpha value is -1.10. The zero-order valence-electron chi connectivity index (χ0n) is 6.99. The van der Waals surface area contributed by atoms with Gasteiger partial charge in [0.2, 0.25) is 0 Å². The van der Waals surface area contributed by atoms with E-state index in [1.807, 2.05) is 0 Å². The fourth-order valence-corrected chi connectivity index (χ4v) is 1.63. The Balaban J connectivity index is 2.74. The third-order valence-electron chi connectivity index (χ3n) is 1.36. The fraction of sp³-hybridized carbons (Fsp3) is 0.111. The smallest absolute Gasteiger partial charge is 0.250 e. The SMILES string of the molecule is O=[S@@](/C=C\C(F)(F)F)c1ccccc1. The maximum Gasteiger partial charge on any atom is 0.410 e. The standard InChI is InChI=1S/C9H7F3OS/c10-9(11,12)6-7-14(13)8-4-2-1-3-5-8/h1-7H/b7-6-/t14-/m0/s1. The summed E-state index contributed by atoms with van der Waals surface area (Å²) < 4.78 is 46.3. The Kier molecular flexibility index (Phi) is 3.46. The van der Waals surface area contributed by atoms with Crippen LogP contribution >= 0.6 is 0 Å². The molecule has 5 heteroatoms. The van der Waals surface area contributed by atoms with Gasteiger partial charge in [-0.1, -0.05) is 18.2 Å². The second kappa shape index (κ2) is 4.41. The van der Waals surface area contributed by atoms with Crippen LogP contribution in [-0.2, 0) is 10.8 Å². The molecule has 0 aromatic heterocycles. The van der Waals surface area contributed by atoms with Crippen LogP contribution in [0.15, 0.2) is 46.7 Å². The summed E-state index contributed by atoms with van der Waals surface area (Å²) >= 11 is 0. The largest absolute Gasteiger partial charge is 0.410 e. The zero-order chi connectivity index (χ0) is 10.6. The first-order chi connectivity index (χ1) is 6.49. The third kappa shape index (κ3) is 3.74. The Labute approximate surface area is 81.7 Å². The van der Waals surface area contributed by atoms with E-state index in [-0.39, 0.29) is 6.08 Å². The van der Waals surface area contributed by atoms with Crippen molar-refractivity contribution < 1.29 is 17.4 Å². The summed E-state index contributed by atoms with van der Waals surface area (Å²) in [6.07, 6.45) is -4.43. The molecule has 1 nitrogen and oxygen atoms in total. The molecular formula is C9H7F3OS. The van der Waals surface area contributed by atoms with Crippen molar-refractivity contribution in [3.05, 3.63) is 41.8 Å². The number of halogens is 3. The van der Waals surface area contributed by atoms with Crippen LogP contribution in [-0.4, -0.2) is 10.4 Å². The van der Waals surface area contributed by atoms with Gasteiger partial charge in [-0.15, -0.1) is 0 Å². The van der Waals surface area contributed by atoms with Gasteiger partial charge in [-0.3, -0.25) is 0 Å². The number of hydrogen-bond donors (Lipinski definition) is 0. The summed E-state index contributed by atoms with van der Waals surface area (Å²) in [5.74, 6) is 0. The average molecular weight is 220 g/mol. The van der Waals surface area contributed by atoms with Crippen molar-refractivity contribution in [2.45, 2.75) is 11.1 Å². The summed E-state index contributed by atoms with van der Waals surface area (Å²) in [5.41, 5.74) is 0. The molecule has 0 amide bonds. The summed E-state index contributed by atoms with van der Waals surface area (Å²) in [7, 11) is -1.73. The lowest BCUT2D eigenvalue weighted by molar-refractivity contribution is -0.0796. The summed E-state index contributed by atoms with van der Waals surface area (Å²) in [5, 5.41) is 0.634. The van der Waals surface area contributed by atoms with E-state index in [9.17, 15) is 17.4 Å². The second-order valence-corrected chi connectivity index (χ2v) is 3.79. The lowest BCUT2D eigenvalue weighted by Crippen LogP contribution is -2.01. The minimum atomic E-state index is -4.41. The van der Waals surface area contributed by atoms with E-state index in [0.29, 0.717) is 10.3 Å². The van der Waals surface area contributed by atoms with Gasteiger partial charge in [0.25, 0.3) is 0 Å². The number of hydrogen-bond acceptors (Lipinski definition) is 1. The van der Waals surface area contributed by atoms with Crippen LogP contribution in [0.4, 0.5) is 13.2 Å². The summed E-state index contributed by atoms with van der Waals surface area (Å²) in [6.45, 7) is 0. The Morgan fingerprint density at radius 2 is 1.71 bits per heavy atom. The lowest BCUT2D eigenvalue weighted by atomic mass is 10.4. The van der Waals surface area contributed by atoms with Crippen molar-refractivity contribution in [1.29, 1.82) is 0 Å². The highest BCUT2D eigenvalue weighted by Gasteiger charge is 2.22. The van der Waals surface area contributed by atoms with Crippen molar-refractivity contribution in [3.8, 4) is 0 Å². The Morgan fingerprint density at radius 3 is 2.21 bits per heavy atom. The van der Waals surface area contributed by atoms with Gasteiger partial charge in [0.15, 0.2) is 0 Å². The van der Waals surface area contributed by atoms with Crippen LogP contribution in [0.3, 0.4) is 0 Å². The Morgan fingerprint density at radius 1 is 1.14 bits per heavy atom. The van der Waals surface area contributed by atoms with Gasteiger partial charge in [-0.25, -0.2) is 4.21 Å². The molecule has 1 rings (SSSR count). The van der Waals surface area contributed by atoms with E-state index >= 15 is 0 Å². The van der Waals surface area contributed by atoms with Gasteiger partial charge in [0.05, 0.1) is 10.8 Å². The quantitative estimate of drug-likeness (QED) is 0.749. The molecule has 0 saturated heterocycles. The van der Waals surface area contributed by atoms with E-state index in [1.54, 1.807) is 18.2 Å². The van der Waals surface area contributed by atoms with Gasteiger partial charge in [0.1, 0.15) is 0 Å². The number of rotatable bonds is 2. The first kappa shape index (κ1) is 11.0. The predicted octanol–water partition coefficient (Wildman–Crippen LogP) is 2.87. The summed E-state index contributed by atoms with van der Waals surface area (Å²) in [6, 6.07) is 7.96. The molecule has 1 atom stereocenters. The normalized spacial score (nSPS) is 14.5. The molecular weight excluding hydrogens is 213 g/mol. The molecule has 1 aromatic rings. The van der Waals surface area contributed by atoms with Crippen molar-refractivity contribution in [2.24, 2.45) is 0 Å². The monoisotopic (exact) mass is 220 g/mol. The zero-order valence-corrected chi connectivity index (χ0v) is 7.81. The molecule has 0 aliphatic rings. The van der Waals surface area contributed by atoms with Crippen molar-refractivity contribution in [3.63, 3.8) is 0 Å². The topological polar surface area (TPSA) is 17.1 Å². The van der Waals surface area contributed by atoms with E-state index < -0.39 is 17.0 Å². The van der Waals surface area contributed by atoms with Crippen LogP contribution in [0.5, 0.6) is 0 Å². The second-order valence-electron chi connectivity index (χ2n) is 2.45.